The second-order valence-corrected chi connectivity index (χ2v) is 10.2. The van der Waals surface area contributed by atoms with Gasteiger partial charge in [-0.05, 0) is 23.6 Å². The van der Waals surface area contributed by atoms with Crippen molar-refractivity contribution in [2.75, 3.05) is 42.6 Å². The third kappa shape index (κ3) is 5.02. The minimum Gasteiger partial charge on any atom is -0.451 e. The topological polar surface area (TPSA) is 108 Å². The van der Waals surface area contributed by atoms with Gasteiger partial charge in [0.1, 0.15) is 16.3 Å². The largest absolute Gasteiger partial charge is 0.451 e. The van der Waals surface area contributed by atoms with E-state index in [0.29, 0.717) is 30.3 Å². The molecule has 0 bridgehead atoms. The first kappa shape index (κ1) is 22.3. The van der Waals surface area contributed by atoms with Crippen molar-refractivity contribution in [3.63, 3.8) is 0 Å². The van der Waals surface area contributed by atoms with Gasteiger partial charge in [0.15, 0.2) is 6.61 Å². The van der Waals surface area contributed by atoms with Crippen LogP contribution in [-0.2, 0) is 19.6 Å². The highest BCUT2D eigenvalue weighted by Crippen LogP contribution is 2.27. The number of thioether (sulfide) groups is 1. The molecule has 0 N–H and O–H groups in total. The van der Waals surface area contributed by atoms with Crippen LogP contribution in [0.3, 0.4) is 0 Å². The standard InChI is InChI=1S/C19H19N3O5S3/c20-7-8-22(15-4-2-1-3-5-15)17(23)14-27-19(24)18-16(6-11-29-18)30(25,26)21-9-12-28-13-10-21/h1-6,11H,8-10,12-14H2. The minimum atomic E-state index is -3.81. The lowest BCUT2D eigenvalue weighted by Crippen LogP contribution is -2.38. The van der Waals surface area contributed by atoms with Crippen molar-refractivity contribution >= 4 is 50.7 Å². The molecule has 1 aliphatic heterocycles. The van der Waals surface area contributed by atoms with E-state index in [1.807, 2.05) is 6.07 Å². The van der Waals surface area contributed by atoms with Crippen LogP contribution in [0.4, 0.5) is 5.69 Å². The fourth-order valence-electron chi connectivity index (χ4n) is 2.85. The number of carbonyl (C=O) groups is 2. The maximum absolute atomic E-state index is 12.9. The van der Waals surface area contributed by atoms with Crippen LogP contribution in [0.2, 0.25) is 0 Å². The second-order valence-electron chi connectivity index (χ2n) is 6.18. The van der Waals surface area contributed by atoms with Crippen LogP contribution < -0.4 is 4.90 Å². The van der Waals surface area contributed by atoms with Gasteiger partial charge < -0.3 is 4.74 Å². The number of hydrogen-bond acceptors (Lipinski definition) is 8. The van der Waals surface area contributed by atoms with Gasteiger partial charge in [-0.25, -0.2) is 13.2 Å². The summed E-state index contributed by atoms with van der Waals surface area (Å²) in [6.07, 6.45) is 0. The average molecular weight is 466 g/mol. The first-order valence-electron chi connectivity index (χ1n) is 9.00. The lowest BCUT2D eigenvalue weighted by molar-refractivity contribution is -0.121. The SMILES string of the molecule is N#CCN(C(=O)COC(=O)c1sccc1S(=O)(=O)N1CCSCC1)c1ccccc1. The van der Waals surface area contributed by atoms with Crippen molar-refractivity contribution < 1.29 is 22.7 Å². The number of carbonyl (C=O) groups excluding carboxylic acids is 2. The molecular weight excluding hydrogens is 446 g/mol. The average Bonchev–Trinajstić information content (AvgIpc) is 3.28. The summed E-state index contributed by atoms with van der Waals surface area (Å²) in [5, 5.41) is 10.5. The van der Waals surface area contributed by atoms with E-state index in [0.717, 1.165) is 11.3 Å². The summed E-state index contributed by atoms with van der Waals surface area (Å²) < 4.78 is 32.3. The van der Waals surface area contributed by atoms with E-state index in [4.69, 9.17) is 10.00 Å². The van der Waals surface area contributed by atoms with E-state index in [1.54, 1.807) is 42.1 Å². The van der Waals surface area contributed by atoms with Gasteiger partial charge in [-0.15, -0.1) is 11.3 Å². The molecule has 0 atom stereocenters. The molecule has 0 aliphatic carbocycles. The Labute approximate surface area is 183 Å². The van der Waals surface area contributed by atoms with Crippen LogP contribution in [0.15, 0.2) is 46.7 Å². The Morgan fingerprint density at radius 1 is 1.17 bits per heavy atom. The number of hydrogen-bond donors (Lipinski definition) is 0. The lowest BCUT2D eigenvalue weighted by atomic mass is 10.3. The molecule has 30 heavy (non-hydrogen) atoms. The zero-order chi connectivity index (χ0) is 21.6. The van der Waals surface area contributed by atoms with Crippen molar-refractivity contribution in [2.24, 2.45) is 0 Å². The molecule has 2 aromatic rings. The van der Waals surface area contributed by atoms with Crippen molar-refractivity contribution in [3.8, 4) is 6.07 Å². The van der Waals surface area contributed by atoms with Gasteiger partial charge in [0.05, 0.1) is 6.07 Å². The van der Waals surface area contributed by atoms with Crippen LogP contribution in [0.25, 0.3) is 0 Å². The fraction of sp³-hybridized carbons (Fsp3) is 0.316. The summed E-state index contributed by atoms with van der Waals surface area (Å²) in [4.78, 5) is 26.1. The highest BCUT2D eigenvalue weighted by molar-refractivity contribution is 7.99. The highest BCUT2D eigenvalue weighted by atomic mass is 32.2. The Balaban J connectivity index is 1.71. The number of esters is 1. The molecule has 11 heteroatoms. The Bertz CT molecular complexity index is 1040. The third-order valence-electron chi connectivity index (χ3n) is 4.33. The molecule has 0 radical (unpaired) electrons. The van der Waals surface area contributed by atoms with Crippen molar-refractivity contribution in [3.05, 3.63) is 46.7 Å². The predicted octanol–water partition coefficient (Wildman–Crippen LogP) is 2.20. The molecule has 0 unspecified atom stereocenters. The molecule has 0 saturated carbocycles. The van der Waals surface area contributed by atoms with Gasteiger partial charge in [-0.1, -0.05) is 18.2 Å². The molecule has 8 nitrogen and oxygen atoms in total. The molecular formula is C19H19N3O5S3. The third-order valence-corrected chi connectivity index (χ3v) is 8.23. The first-order chi connectivity index (χ1) is 14.4. The molecule has 0 spiro atoms. The number of amides is 1. The summed E-state index contributed by atoms with van der Waals surface area (Å²) >= 11 is 2.63. The van der Waals surface area contributed by atoms with Crippen LogP contribution in [0, 0.1) is 11.3 Å². The first-order valence-corrected chi connectivity index (χ1v) is 12.5. The number of anilines is 1. The smallest absolute Gasteiger partial charge is 0.350 e. The number of nitrogens with zero attached hydrogens (tertiary/aromatic N) is 3. The Morgan fingerprint density at radius 2 is 1.87 bits per heavy atom. The van der Waals surface area contributed by atoms with E-state index in [1.165, 1.54) is 20.7 Å². The van der Waals surface area contributed by atoms with Gasteiger partial charge in [0, 0.05) is 30.3 Å². The maximum atomic E-state index is 12.9. The van der Waals surface area contributed by atoms with E-state index in [2.05, 4.69) is 0 Å². The molecule has 1 aliphatic rings. The van der Waals surface area contributed by atoms with E-state index in [-0.39, 0.29) is 16.3 Å². The highest BCUT2D eigenvalue weighted by Gasteiger charge is 2.32. The summed E-state index contributed by atoms with van der Waals surface area (Å²) in [6, 6.07) is 11.8. The van der Waals surface area contributed by atoms with Crippen molar-refractivity contribution in [1.82, 2.24) is 4.31 Å². The quantitative estimate of drug-likeness (QED) is 0.456. The second kappa shape index (κ2) is 10.1. The summed E-state index contributed by atoms with van der Waals surface area (Å²) in [5.41, 5.74) is 0.502. The minimum absolute atomic E-state index is 0.0624. The van der Waals surface area contributed by atoms with Crippen LogP contribution in [-0.4, -0.2) is 62.3 Å². The zero-order valence-electron chi connectivity index (χ0n) is 15.9. The summed E-state index contributed by atoms with van der Waals surface area (Å²) in [5.74, 6) is -0.0593. The van der Waals surface area contributed by atoms with E-state index in [9.17, 15) is 18.0 Å². The molecule has 1 saturated heterocycles. The number of thiophene rings is 1. The van der Waals surface area contributed by atoms with Crippen LogP contribution in [0.5, 0.6) is 0 Å². The number of sulfonamides is 1. The number of nitriles is 1. The van der Waals surface area contributed by atoms with Gasteiger partial charge in [0.2, 0.25) is 10.0 Å². The van der Waals surface area contributed by atoms with Gasteiger partial charge in [-0.2, -0.15) is 21.3 Å². The number of para-hydroxylation sites is 1. The molecule has 1 aromatic carbocycles. The summed E-state index contributed by atoms with van der Waals surface area (Å²) in [6.45, 7) is -0.0365. The molecule has 2 heterocycles. The van der Waals surface area contributed by atoms with Crippen molar-refractivity contribution in [2.45, 2.75) is 4.90 Å². The Morgan fingerprint density at radius 3 is 2.53 bits per heavy atom. The van der Waals surface area contributed by atoms with Crippen molar-refractivity contribution in [1.29, 1.82) is 5.26 Å². The summed E-state index contributed by atoms with van der Waals surface area (Å²) in [7, 11) is -3.81. The number of benzene rings is 1. The Hall–Kier alpha value is -2.39. The number of rotatable bonds is 7. The van der Waals surface area contributed by atoms with Gasteiger partial charge in [-0.3, -0.25) is 9.69 Å². The fourth-order valence-corrected chi connectivity index (χ4v) is 6.71. The predicted molar refractivity (Wildman–Crippen MR) is 115 cm³/mol. The molecule has 1 aromatic heterocycles. The molecule has 158 valence electrons. The molecule has 1 fully saturated rings. The zero-order valence-corrected chi connectivity index (χ0v) is 18.3. The maximum Gasteiger partial charge on any atom is 0.350 e. The lowest BCUT2D eigenvalue weighted by Gasteiger charge is -2.25. The van der Waals surface area contributed by atoms with Crippen LogP contribution in [0.1, 0.15) is 9.67 Å². The molecule has 1 amide bonds. The van der Waals surface area contributed by atoms with E-state index < -0.39 is 28.5 Å². The molecule has 3 rings (SSSR count). The Kier molecular flexibility index (Phi) is 7.49. The van der Waals surface area contributed by atoms with E-state index >= 15 is 0 Å². The monoisotopic (exact) mass is 465 g/mol. The van der Waals surface area contributed by atoms with Gasteiger partial charge >= 0.3 is 5.97 Å². The van der Waals surface area contributed by atoms with Crippen LogP contribution >= 0.6 is 23.1 Å². The normalized spacial score (nSPS) is 14.6. The van der Waals surface area contributed by atoms with Gasteiger partial charge in [0.25, 0.3) is 5.91 Å². The number of ether oxygens (including phenoxy) is 1.